The molecular weight excluding hydrogens is 410 g/mol. The van der Waals surface area contributed by atoms with E-state index in [0.29, 0.717) is 6.04 Å². The normalized spacial score (nSPS) is 22.3. The Morgan fingerprint density at radius 3 is 2.52 bits per heavy atom. The van der Waals surface area contributed by atoms with Gasteiger partial charge >= 0.3 is 0 Å². The minimum atomic E-state index is 0.204. The Morgan fingerprint density at radius 2 is 1.76 bits per heavy atom. The van der Waals surface area contributed by atoms with Crippen molar-refractivity contribution in [1.82, 2.24) is 19.8 Å². The van der Waals surface area contributed by atoms with Gasteiger partial charge in [0.1, 0.15) is 11.6 Å². The van der Waals surface area contributed by atoms with Gasteiger partial charge in [-0.1, -0.05) is 36.8 Å². The number of fused-ring (bicyclic) bond motifs is 1. The molecule has 5 rings (SSSR count). The highest BCUT2D eigenvalue weighted by Gasteiger charge is 2.35. The zero-order valence-electron chi connectivity index (χ0n) is 20.2. The highest BCUT2D eigenvalue weighted by atomic mass is 16.2. The summed E-state index contributed by atoms with van der Waals surface area (Å²) in [7, 11) is 0. The predicted octanol–water partition coefficient (Wildman–Crippen LogP) is 4.28. The summed E-state index contributed by atoms with van der Waals surface area (Å²) in [4.78, 5) is 29.3. The second kappa shape index (κ2) is 9.80. The van der Waals surface area contributed by atoms with Crippen LogP contribution in [-0.2, 0) is 17.8 Å². The molecule has 33 heavy (non-hydrogen) atoms. The molecule has 176 valence electrons. The van der Waals surface area contributed by atoms with Crippen LogP contribution in [0.25, 0.3) is 0 Å². The van der Waals surface area contributed by atoms with Crippen LogP contribution in [0.2, 0.25) is 0 Å². The Morgan fingerprint density at radius 1 is 0.970 bits per heavy atom. The van der Waals surface area contributed by atoms with E-state index in [1.54, 1.807) is 6.92 Å². The molecule has 1 atom stereocenters. The molecule has 3 aliphatic heterocycles. The molecule has 1 aromatic heterocycles. The van der Waals surface area contributed by atoms with Crippen molar-refractivity contribution in [3.8, 4) is 0 Å². The summed E-state index contributed by atoms with van der Waals surface area (Å²) in [6, 6.07) is 11.5. The molecule has 0 spiro atoms. The molecule has 6 heteroatoms. The van der Waals surface area contributed by atoms with Gasteiger partial charge in [-0.2, -0.15) is 0 Å². The Hall–Kier alpha value is -2.47. The van der Waals surface area contributed by atoms with Crippen LogP contribution in [0, 0.1) is 6.92 Å². The van der Waals surface area contributed by atoms with E-state index < -0.39 is 0 Å². The molecular formula is C27H37N5O. The molecule has 1 unspecified atom stereocenters. The number of hydrogen-bond acceptors (Lipinski definition) is 5. The van der Waals surface area contributed by atoms with Gasteiger partial charge in [0.05, 0.1) is 6.04 Å². The van der Waals surface area contributed by atoms with E-state index in [2.05, 4.69) is 47.1 Å². The number of anilines is 1. The number of hydrogen-bond donors (Lipinski definition) is 0. The van der Waals surface area contributed by atoms with E-state index in [9.17, 15) is 4.79 Å². The van der Waals surface area contributed by atoms with Crippen molar-refractivity contribution >= 4 is 11.7 Å². The van der Waals surface area contributed by atoms with Gasteiger partial charge in [0, 0.05) is 50.4 Å². The number of carbonyl (C=O) groups excluding carboxylic acids is 1. The Labute approximate surface area is 198 Å². The lowest BCUT2D eigenvalue weighted by atomic mass is 9.94. The van der Waals surface area contributed by atoms with Gasteiger partial charge in [0.15, 0.2) is 0 Å². The van der Waals surface area contributed by atoms with Crippen LogP contribution in [0.5, 0.6) is 0 Å². The highest BCUT2D eigenvalue weighted by Crippen LogP contribution is 2.36. The van der Waals surface area contributed by atoms with Crippen molar-refractivity contribution in [3.63, 3.8) is 0 Å². The first kappa shape index (κ1) is 22.3. The summed E-state index contributed by atoms with van der Waals surface area (Å²) in [5.74, 6) is 2.38. The number of aryl methyl sites for hydroxylation is 1. The summed E-state index contributed by atoms with van der Waals surface area (Å²) < 4.78 is 0. The second-order valence-corrected chi connectivity index (χ2v) is 9.97. The summed E-state index contributed by atoms with van der Waals surface area (Å²) in [6.45, 7) is 8.68. The third-order valence-electron chi connectivity index (χ3n) is 7.80. The number of benzene rings is 1. The van der Waals surface area contributed by atoms with Gasteiger partial charge in [-0.3, -0.25) is 9.69 Å². The molecule has 2 aromatic rings. The molecule has 0 N–H and O–H groups in total. The first-order valence-corrected chi connectivity index (χ1v) is 12.8. The van der Waals surface area contributed by atoms with Gasteiger partial charge in [-0.05, 0) is 57.6 Å². The first-order chi connectivity index (χ1) is 16.1. The molecule has 2 saturated heterocycles. The fourth-order valence-electron chi connectivity index (χ4n) is 6.00. The van der Waals surface area contributed by atoms with Crippen LogP contribution in [0.1, 0.15) is 74.1 Å². The third kappa shape index (κ3) is 4.77. The number of amides is 1. The number of aromatic nitrogens is 2. The lowest BCUT2D eigenvalue weighted by Crippen LogP contribution is -2.49. The van der Waals surface area contributed by atoms with E-state index in [0.717, 1.165) is 82.2 Å². The largest absolute Gasteiger partial charge is 0.352 e. The molecule has 3 aliphatic rings. The molecule has 1 aromatic carbocycles. The van der Waals surface area contributed by atoms with Crippen molar-refractivity contribution in [3.05, 3.63) is 53.0 Å². The predicted molar refractivity (Wildman–Crippen MR) is 131 cm³/mol. The second-order valence-electron chi connectivity index (χ2n) is 9.97. The lowest BCUT2D eigenvalue weighted by molar-refractivity contribution is -0.130. The molecule has 1 amide bonds. The van der Waals surface area contributed by atoms with Crippen molar-refractivity contribution in [2.24, 2.45) is 0 Å². The van der Waals surface area contributed by atoms with Crippen molar-refractivity contribution in [1.29, 1.82) is 0 Å². The minimum Gasteiger partial charge on any atom is -0.352 e. The molecule has 6 nitrogen and oxygen atoms in total. The summed E-state index contributed by atoms with van der Waals surface area (Å²) >= 11 is 0. The number of carbonyl (C=O) groups is 1. The van der Waals surface area contributed by atoms with Crippen LogP contribution in [0.3, 0.4) is 0 Å². The number of likely N-dealkylation sites (tertiary alicyclic amines) is 2. The smallest absolute Gasteiger partial charge is 0.219 e. The van der Waals surface area contributed by atoms with Crippen LogP contribution >= 0.6 is 0 Å². The molecule has 0 aliphatic carbocycles. The minimum absolute atomic E-state index is 0.204. The zero-order valence-corrected chi connectivity index (χ0v) is 20.2. The van der Waals surface area contributed by atoms with Crippen molar-refractivity contribution in [2.75, 3.05) is 31.1 Å². The molecule has 4 heterocycles. The van der Waals surface area contributed by atoms with Gasteiger partial charge in [-0.15, -0.1) is 0 Å². The molecule has 0 radical (unpaired) electrons. The topological polar surface area (TPSA) is 52.6 Å². The maximum absolute atomic E-state index is 11.8. The Kier molecular flexibility index (Phi) is 6.63. The van der Waals surface area contributed by atoms with Crippen LogP contribution in [-0.4, -0.2) is 57.9 Å². The summed E-state index contributed by atoms with van der Waals surface area (Å²) in [5, 5.41) is 0. The molecule has 2 fully saturated rings. The molecule has 0 saturated carbocycles. The Balaban J connectivity index is 1.40. The highest BCUT2D eigenvalue weighted by molar-refractivity contribution is 5.73. The summed E-state index contributed by atoms with van der Waals surface area (Å²) in [5.41, 5.74) is 3.82. The number of nitrogens with zero attached hydrogens (tertiary/aromatic N) is 5. The average molecular weight is 448 g/mol. The van der Waals surface area contributed by atoms with Crippen molar-refractivity contribution in [2.45, 2.75) is 77.4 Å². The quantitative estimate of drug-likeness (QED) is 0.700. The van der Waals surface area contributed by atoms with Crippen LogP contribution in [0.15, 0.2) is 30.3 Å². The fourth-order valence-corrected chi connectivity index (χ4v) is 6.00. The van der Waals surface area contributed by atoms with Crippen LogP contribution in [0.4, 0.5) is 5.82 Å². The van der Waals surface area contributed by atoms with E-state index >= 15 is 0 Å². The van der Waals surface area contributed by atoms with Gasteiger partial charge < -0.3 is 9.80 Å². The Bertz CT molecular complexity index is 970. The zero-order chi connectivity index (χ0) is 22.8. The van der Waals surface area contributed by atoms with Gasteiger partial charge in [-0.25, -0.2) is 9.97 Å². The molecule has 0 bridgehead atoms. The number of piperidine rings is 2. The lowest BCUT2D eigenvalue weighted by Gasteiger charge is -2.44. The van der Waals surface area contributed by atoms with Crippen LogP contribution < -0.4 is 4.90 Å². The van der Waals surface area contributed by atoms with Gasteiger partial charge in [0.2, 0.25) is 5.91 Å². The fraction of sp³-hybridized carbons (Fsp3) is 0.593. The standard InChI is InChI=1S/C27H37N5O/c1-20-24-11-8-15-31(19-22-9-4-3-5-10-22)27(24)29-26(28-20)25-12-6-7-16-32(25)23-13-17-30(18-14-23)21(2)33/h3-5,9-10,23,25H,6-8,11-19H2,1-2H3. The maximum Gasteiger partial charge on any atom is 0.219 e. The first-order valence-electron chi connectivity index (χ1n) is 12.8. The van der Waals surface area contributed by atoms with E-state index in [-0.39, 0.29) is 11.9 Å². The third-order valence-corrected chi connectivity index (χ3v) is 7.80. The van der Waals surface area contributed by atoms with E-state index in [1.807, 2.05) is 4.90 Å². The average Bonchev–Trinajstić information content (AvgIpc) is 2.85. The van der Waals surface area contributed by atoms with Crippen molar-refractivity contribution < 1.29 is 4.79 Å². The summed E-state index contributed by atoms with van der Waals surface area (Å²) in [6.07, 6.45) is 7.95. The monoisotopic (exact) mass is 447 g/mol. The number of rotatable bonds is 4. The SMILES string of the molecule is CC(=O)N1CCC(N2CCCCC2c2nc(C)c3c(n2)N(Cc2ccccc2)CCC3)CC1. The van der Waals surface area contributed by atoms with E-state index in [4.69, 9.17) is 9.97 Å². The maximum atomic E-state index is 11.8. The van der Waals surface area contributed by atoms with E-state index in [1.165, 1.54) is 24.0 Å². The van der Waals surface area contributed by atoms with Gasteiger partial charge in [0.25, 0.3) is 0 Å².